The van der Waals surface area contributed by atoms with E-state index in [2.05, 4.69) is 20.6 Å². The molecule has 36 heavy (non-hydrogen) atoms. The van der Waals surface area contributed by atoms with Gasteiger partial charge in [-0.2, -0.15) is 10.1 Å². The monoisotopic (exact) mass is 516 g/mol. The second kappa shape index (κ2) is 9.74. The van der Waals surface area contributed by atoms with Gasteiger partial charge in [-0.25, -0.2) is 13.5 Å². The Kier molecular flexibility index (Phi) is 6.49. The average molecular weight is 517 g/mol. The standard InChI is InChI=1S/C23H22F2N6O4S/c1-12(22-27-13(2)29-35-22)26-21(33)18-10-16-20(15-4-3-14(24)9-17(15)25)28-31(23(16)36-18)11-19(32)30-5-7-34-8-6-30/h3-4,9-10,12H,5-8,11H2,1-2H3,(H,26,33)/t12-/m1/s1. The van der Waals surface area contributed by atoms with Crippen molar-refractivity contribution >= 4 is 33.4 Å². The maximum Gasteiger partial charge on any atom is 0.262 e. The smallest absolute Gasteiger partial charge is 0.262 e. The number of fused-ring (bicyclic) bond motifs is 1. The van der Waals surface area contributed by atoms with Gasteiger partial charge in [-0.15, -0.1) is 11.3 Å². The molecule has 1 N–H and O–H groups in total. The number of morpholine rings is 1. The summed E-state index contributed by atoms with van der Waals surface area (Å²) < 4.78 is 40.1. The van der Waals surface area contributed by atoms with E-state index in [1.165, 1.54) is 10.7 Å². The lowest BCUT2D eigenvalue weighted by Crippen LogP contribution is -2.42. The molecule has 0 bridgehead atoms. The highest BCUT2D eigenvalue weighted by atomic mass is 32.1. The van der Waals surface area contributed by atoms with Gasteiger partial charge in [0.2, 0.25) is 11.8 Å². The molecule has 188 valence electrons. The van der Waals surface area contributed by atoms with Crippen molar-refractivity contribution in [2.45, 2.75) is 26.4 Å². The predicted octanol–water partition coefficient (Wildman–Crippen LogP) is 3.08. The lowest BCUT2D eigenvalue weighted by Gasteiger charge is -2.26. The third-order valence-corrected chi connectivity index (χ3v) is 6.89. The summed E-state index contributed by atoms with van der Waals surface area (Å²) in [5.74, 6) is -1.38. The van der Waals surface area contributed by atoms with Crippen LogP contribution in [0, 0.1) is 18.6 Å². The molecule has 2 amide bonds. The number of halogens is 2. The molecular weight excluding hydrogens is 494 g/mol. The number of nitrogens with one attached hydrogen (secondary N) is 1. The minimum absolute atomic E-state index is 0.0680. The van der Waals surface area contributed by atoms with Crippen LogP contribution in [0.3, 0.4) is 0 Å². The molecule has 3 aromatic heterocycles. The number of thiophene rings is 1. The molecule has 4 aromatic rings. The molecule has 0 unspecified atom stereocenters. The van der Waals surface area contributed by atoms with Crippen molar-refractivity contribution in [3.8, 4) is 11.3 Å². The first-order valence-corrected chi connectivity index (χ1v) is 12.0. The van der Waals surface area contributed by atoms with E-state index in [-0.39, 0.29) is 29.6 Å². The Morgan fingerprint density at radius 2 is 2.00 bits per heavy atom. The largest absolute Gasteiger partial charge is 0.378 e. The summed E-state index contributed by atoms with van der Waals surface area (Å²) in [7, 11) is 0. The first-order valence-electron chi connectivity index (χ1n) is 11.2. The fourth-order valence-corrected chi connectivity index (χ4v) is 4.93. The van der Waals surface area contributed by atoms with E-state index in [4.69, 9.17) is 9.26 Å². The molecule has 1 aliphatic rings. The molecule has 0 aliphatic carbocycles. The van der Waals surface area contributed by atoms with E-state index >= 15 is 0 Å². The van der Waals surface area contributed by atoms with E-state index in [9.17, 15) is 18.4 Å². The van der Waals surface area contributed by atoms with Crippen LogP contribution in [0.5, 0.6) is 0 Å². The molecule has 4 heterocycles. The molecule has 0 spiro atoms. The molecule has 1 saturated heterocycles. The SMILES string of the molecule is Cc1noc([C@@H](C)NC(=O)c2cc3c(-c4ccc(F)cc4F)nn(CC(=O)N4CCOCC4)c3s2)n1. The molecule has 1 aromatic carbocycles. The molecule has 1 fully saturated rings. The zero-order valence-electron chi connectivity index (χ0n) is 19.5. The summed E-state index contributed by atoms with van der Waals surface area (Å²) in [5.41, 5.74) is 0.284. The number of hydrogen-bond donors (Lipinski definition) is 1. The number of aromatic nitrogens is 4. The molecule has 5 rings (SSSR count). The van der Waals surface area contributed by atoms with E-state index in [0.29, 0.717) is 47.2 Å². The van der Waals surface area contributed by atoms with Gasteiger partial charge in [-0.05, 0) is 32.0 Å². The van der Waals surface area contributed by atoms with Gasteiger partial charge in [-0.1, -0.05) is 5.16 Å². The predicted molar refractivity (Wildman–Crippen MR) is 125 cm³/mol. The Bertz CT molecular complexity index is 1440. The Morgan fingerprint density at radius 3 is 2.69 bits per heavy atom. The number of amides is 2. The van der Waals surface area contributed by atoms with Gasteiger partial charge in [0.25, 0.3) is 5.91 Å². The third kappa shape index (κ3) is 4.71. The summed E-state index contributed by atoms with van der Waals surface area (Å²) in [6.07, 6.45) is 0. The maximum atomic E-state index is 14.7. The second-order valence-electron chi connectivity index (χ2n) is 8.33. The van der Waals surface area contributed by atoms with Gasteiger partial charge in [-0.3, -0.25) is 9.59 Å². The summed E-state index contributed by atoms with van der Waals surface area (Å²) in [4.78, 5) is 32.5. The van der Waals surface area contributed by atoms with Gasteiger partial charge in [0.15, 0.2) is 5.82 Å². The van der Waals surface area contributed by atoms with Crippen molar-refractivity contribution in [2.24, 2.45) is 0 Å². The summed E-state index contributed by atoms with van der Waals surface area (Å²) >= 11 is 1.12. The highest BCUT2D eigenvalue weighted by Gasteiger charge is 2.25. The van der Waals surface area contributed by atoms with Crippen LogP contribution in [0.25, 0.3) is 21.5 Å². The van der Waals surface area contributed by atoms with Crippen molar-refractivity contribution in [2.75, 3.05) is 26.3 Å². The van der Waals surface area contributed by atoms with Crippen LogP contribution < -0.4 is 5.32 Å². The second-order valence-corrected chi connectivity index (χ2v) is 9.36. The third-order valence-electron chi connectivity index (χ3n) is 5.74. The summed E-state index contributed by atoms with van der Waals surface area (Å²) in [6.45, 7) is 5.12. The van der Waals surface area contributed by atoms with E-state index in [0.717, 1.165) is 23.5 Å². The fraction of sp³-hybridized carbons (Fsp3) is 0.348. The molecule has 1 atom stereocenters. The zero-order valence-corrected chi connectivity index (χ0v) is 20.3. The van der Waals surface area contributed by atoms with Crippen LogP contribution in [-0.2, 0) is 16.1 Å². The maximum absolute atomic E-state index is 14.7. The molecule has 10 nitrogen and oxygen atoms in total. The van der Waals surface area contributed by atoms with Gasteiger partial charge in [0.05, 0.1) is 18.1 Å². The molecule has 13 heteroatoms. The minimum atomic E-state index is -0.793. The first kappa shape index (κ1) is 24.0. The highest BCUT2D eigenvalue weighted by molar-refractivity contribution is 7.20. The number of rotatable bonds is 6. The van der Waals surface area contributed by atoms with E-state index < -0.39 is 23.6 Å². The van der Waals surface area contributed by atoms with Gasteiger partial charge in [0, 0.05) is 30.1 Å². The number of carbonyl (C=O) groups is 2. The molecule has 0 radical (unpaired) electrons. The number of benzene rings is 1. The van der Waals surface area contributed by atoms with Crippen LogP contribution >= 0.6 is 11.3 Å². The number of ether oxygens (including phenoxy) is 1. The van der Waals surface area contributed by atoms with Crippen molar-refractivity contribution in [1.29, 1.82) is 0 Å². The Balaban J connectivity index is 1.50. The number of hydrogen-bond acceptors (Lipinski definition) is 8. The number of aryl methyl sites for hydroxylation is 1. The normalized spacial score (nSPS) is 14.8. The number of nitrogens with zero attached hydrogens (tertiary/aromatic N) is 5. The van der Waals surface area contributed by atoms with Gasteiger partial charge >= 0.3 is 0 Å². The topological polar surface area (TPSA) is 115 Å². The fourth-order valence-electron chi connectivity index (χ4n) is 3.92. The van der Waals surface area contributed by atoms with E-state index in [1.807, 2.05) is 0 Å². The van der Waals surface area contributed by atoms with Gasteiger partial charge < -0.3 is 19.5 Å². The lowest BCUT2D eigenvalue weighted by atomic mass is 10.1. The van der Waals surface area contributed by atoms with Crippen molar-refractivity contribution < 1.29 is 27.6 Å². The average Bonchev–Trinajstić information content (AvgIpc) is 3.56. The zero-order chi connectivity index (χ0) is 25.4. The summed E-state index contributed by atoms with van der Waals surface area (Å²) in [6, 6.07) is 4.24. The minimum Gasteiger partial charge on any atom is -0.378 e. The van der Waals surface area contributed by atoms with Crippen LogP contribution in [0.2, 0.25) is 0 Å². The van der Waals surface area contributed by atoms with Crippen LogP contribution in [0.4, 0.5) is 8.78 Å². The van der Waals surface area contributed by atoms with Gasteiger partial charge in [0.1, 0.15) is 34.7 Å². The van der Waals surface area contributed by atoms with Crippen molar-refractivity contribution in [3.05, 3.63) is 52.5 Å². The first-order chi connectivity index (χ1) is 17.3. The molecular formula is C23H22F2N6O4S. The summed E-state index contributed by atoms with van der Waals surface area (Å²) in [5, 5.41) is 11.5. The lowest BCUT2D eigenvalue weighted by molar-refractivity contribution is -0.136. The molecule has 0 saturated carbocycles. The quantitative estimate of drug-likeness (QED) is 0.419. The Labute approximate surface area is 207 Å². The Hall–Kier alpha value is -3.71. The van der Waals surface area contributed by atoms with Crippen LogP contribution in [0.1, 0.15) is 34.4 Å². The van der Waals surface area contributed by atoms with Crippen LogP contribution in [0.15, 0.2) is 28.8 Å². The van der Waals surface area contributed by atoms with Crippen molar-refractivity contribution in [3.63, 3.8) is 0 Å². The molecule has 1 aliphatic heterocycles. The van der Waals surface area contributed by atoms with E-state index in [1.54, 1.807) is 24.8 Å². The van der Waals surface area contributed by atoms with Crippen LogP contribution in [-0.4, -0.2) is 62.9 Å². The van der Waals surface area contributed by atoms with Crippen molar-refractivity contribution in [1.82, 2.24) is 30.1 Å². The highest BCUT2D eigenvalue weighted by Crippen LogP contribution is 2.35. The Morgan fingerprint density at radius 1 is 1.22 bits per heavy atom. The number of carbonyl (C=O) groups excluding carboxylic acids is 2.